The Morgan fingerprint density at radius 2 is 2.00 bits per heavy atom. The minimum atomic E-state index is -0.320. The summed E-state index contributed by atoms with van der Waals surface area (Å²) in [6, 6.07) is -0.120. The fourth-order valence-corrected chi connectivity index (χ4v) is 0.755. The summed E-state index contributed by atoms with van der Waals surface area (Å²) < 4.78 is 0. The minimum Gasteiger partial charge on any atom is -0.370 e. The Labute approximate surface area is 68.1 Å². The molecule has 3 nitrogen and oxygen atoms in total. The molecule has 0 aliphatic heterocycles. The Balaban J connectivity index is 4.01. The molecule has 1 atom stereocenters. The maximum Gasteiger partial charge on any atom is 0.218 e. The minimum absolute atomic E-state index is 0.00896. The van der Waals surface area contributed by atoms with E-state index in [1.54, 1.807) is 0 Å². The van der Waals surface area contributed by atoms with Crippen molar-refractivity contribution in [2.75, 3.05) is 0 Å². The number of carbonyl (C=O) groups is 1. The van der Waals surface area contributed by atoms with Crippen LogP contribution in [0.25, 0.3) is 0 Å². The number of nitrogens with two attached hydrogens (primary N) is 2. The maximum absolute atomic E-state index is 10.5. The van der Waals surface area contributed by atoms with Crippen LogP contribution in [0.5, 0.6) is 0 Å². The lowest BCUT2D eigenvalue weighted by Crippen LogP contribution is -2.40. The number of rotatable bonds is 4. The molecule has 0 spiro atoms. The molecule has 0 aromatic carbocycles. The highest BCUT2D eigenvalue weighted by atomic mass is 16.1. The van der Waals surface area contributed by atoms with Gasteiger partial charge in [0.25, 0.3) is 0 Å². The van der Waals surface area contributed by atoms with E-state index >= 15 is 0 Å². The summed E-state index contributed by atoms with van der Waals surface area (Å²) in [5.74, 6) is -0.320. The van der Waals surface area contributed by atoms with Crippen LogP contribution in [0.4, 0.5) is 0 Å². The summed E-state index contributed by atoms with van der Waals surface area (Å²) in [5.41, 5.74) is 10.8. The summed E-state index contributed by atoms with van der Waals surface area (Å²) in [7, 11) is 0. The van der Waals surface area contributed by atoms with E-state index in [1.807, 2.05) is 13.8 Å². The third-order valence-corrected chi connectivity index (χ3v) is 2.34. The molecule has 0 aliphatic rings. The molecule has 3 heteroatoms. The molecule has 0 saturated heterocycles. The third-order valence-electron chi connectivity index (χ3n) is 2.34. The molecule has 0 rings (SSSR count). The quantitative estimate of drug-likeness (QED) is 0.630. The molecule has 0 saturated carbocycles. The molecular weight excluding hydrogens is 140 g/mol. The molecule has 0 radical (unpaired) electrons. The van der Waals surface area contributed by atoms with Crippen LogP contribution in [-0.4, -0.2) is 11.9 Å². The Bertz CT molecular complexity index is 143. The van der Waals surface area contributed by atoms with Crippen molar-refractivity contribution in [3.8, 4) is 0 Å². The van der Waals surface area contributed by atoms with Crippen LogP contribution >= 0.6 is 0 Å². The van der Waals surface area contributed by atoms with Crippen molar-refractivity contribution >= 4 is 5.91 Å². The van der Waals surface area contributed by atoms with Gasteiger partial charge in [-0.3, -0.25) is 4.79 Å². The molecule has 66 valence electrons. The summed E-state index contributed by atoms with van der Waals surface area (Å²) in [6.07, 6.45) is 1.24. The first-order valence-electron chi connectivity index (χ1n) is 3.94. The van der Waals surface area contributed by atoms with E-state index in [9.17, 15) is 4.79 Å². The van der Waals surface area contributed by atoms with Crippen LogP contribution in [0, 0.1) is 5.41 Å². The predicted molar refractivity (Wildman–Crippen MR) is 45.9 cm³/mol. The van der Waals surface area contributed by atoms with E-state index < -0.39 is 0 Å². The summed E-state index contributed by atoms with van der Waals surface area (Å²) in [5, 5.41) is 0. The SMILES string of the molecule is CCC(C)(C)C(N)CC(N)=O. The average Bonchev–Trinajstić information content (AvgIpc) is 1.86. The highest BCUT2D eigenvalue weighted by molar-refractivity contribution is 5.74. The summed E-state index contributed by atoms with van der Waals surface area (Å²) in [6.45, 7) is 6.14. The van der Waals surface area contributed by atoms with E-state index in [2.05, 4.69) is 6.92 Å². The fourth-order valence-electron chi connectivity index (χ4n) is 0.755. The molecule has 0 heterocycles. The largest absolute Gasteiger partial charge is 0.370 e. The first-order valence-corrected chi connectivity index (χ1v) is 3.94. The molecule has 0 aliphatic carbocycles. The summed E-state index contributed by atoms with van der Waals surface area (Å²) >= 11 is 0. The van der Waals surface area contributed by atoms with Crippen LogP contribution in [0.3, 0.4) is 0 Å². The van der Waals surface area contributed by atoms with Crippen molar-refractivity contribution in [2.45, 2.75) is 39.7 Å². The van der Waals surface area contributed by atoms with Crippen LogP contribution in [0.1, 0.15) is 33.6 Å². The van der Waals surface area contributed by atoms with Gasteiger partial charge in [0.1, 0.15) is 0 Å². The Morgan fingerprint density at radius 3 is 2.27 bits per heavy atom. The highest BCUT2D eigenvalue weighted by Gasteiger charge is 2.25. The molecule has 0 fully saturated rings. The van der Waals surface area contributed by atoms with E-state index in [4.69, 9.17) is 11.5 Å². The van der Waals surface area contributed by atoms with Crippen LogP contribution in [0.2, 0.25) is 0 Å². The standard InChI is InChI=1S/C8H18N2O/c1-4-8(2,3)6(9)5-7(10)11/h6H,4-5,9H2,1-3H3,(H2,10,11). The summed E-state index contributed by atoms with van der Waals surface area (Å²) in [4.78, 5) is 10.5. The van der Waals surface area contributed by atoms with Gasteiger partial charge in [-0.2, -0.15) is 0 Å². The van der Waals surface area contributed by atoms with Crippen molar-refractivity contribution in [1.29, 1.82) is 0 Å². The van der Waals surface area contributed by atoms with Gasteiger partial charge in [0.05, 0.1) is 0 Å². The van der Waals surface area contributed by atoms with Gasteiger partial charge < -0.3 is 11.5 Å². The third kappa shape index (κ3) is 3.37. The van der Waals surface area contributed by atoms with Gasteiger partial charge in [-0.1, -0.05) is 20.8 Å². The van der Waals surface area contributed by atoms with Gasteiger partial charge in [0, 0.05) is 12.5 Å². The molecule has 1 amide bonds. The Morgan fingerprint density at radius 1 is 1.55 bits per heavy atom. The number of primary amides is 1. The predicted octanol–water partition coefficient (Wildman–Crippen LogP) is 0.625. The van der Waals surface area contributed by atoms with Crippen molar-refractivity contribution in [1.82, 2.24) is 0 Å². The Hall–Kier alpha value is -0.570. The van der Waals surface area contributed by atoms with Crippen LogP contribution < -0.4 is 11.5 Å². The van der Waals surface area contributed by atoms with Gasteiger partial charge in [0.2, 0.25) is 5.91 Å². The smallest absolute Gasteiger partial charge is 0.218 e. The first kappa shape index (κ1) is 10.4. The van der Waals surface area contributed by atoms with Gasteiger partial charge in [0.15, 0.2) is 0 Å². The molecule has 4 N–H and O–H groups in total. The highest BCUT2D eigenvalue weighted by Crippen LogP contribution is 2.24. The molecule has 1 unspecified atom stereocenters. The zero-order chi connectivity index (χ0) is 9.07. The van der Waals surface area contributed by atoms with Crippen LogP contribution in [-0.2, 0) is 4.79 Å². The van der Waals surface area contributed by atoms with Crippen molar-refractivity contribution in [2.24, 2.45) is 16.9 Å². The average molecular weight is 158 g/mol. The number of carbonyl (C=O) groups excluding carboxylic acids is 1. The lowest BCUT2D eigenvalue weighted by atomic mass is 9.81. The monoisotopic (exact) mass is 158 g/mol. The van der Waals surface area contributed by atoms with Gasteiger partial charge >= 0.3 is 0 Å². The Kier molecular flexibility index (Phi) is 3.52. The number of hydrogen-bond acceptors (Lipinski definition) is 2. The van der Waals surface area contributed by atoms with E-state index in [0.29, 0.717) is 0 Å². The molecule has 0 aromatic heterocycles. The molecule has 11 heavy (non-hydrogen) atoms. The second-order valence-corrected chi connectivity index (χ2v) is 3.62. The lowest BCUT2D eigenvalue weighted by molar-refractivity contribution is -0.118. The van der Waals surface area contributed by atoms with E-state index in [-0.39, 0.29) is 23.8 Å². The lowest BCUT2D eigenvalue weighted by Gasteiger charge is -2.29. The normalized spacial score (nSPS) is 14.5. The van der Waals surface area contributed by atoms with Gasteiger partial charge in [-0.25, -0.2) is 0 Å². The van der Waals surface area contributed by atoms with Gasteiger partial charge in [-0.05, 0) is 11.8 Å². The number of hydrogen-bond donors (Lipinski definition) is 2. The second-order valence-electron chi connectivity index (χ2n) is 3.62. The van der Waals surface area contributed by atoms with Crippen molar-refractivity contribution in [3.63, 3.8) is 0 Å². The molecule has 0 aromatic rings. The van der Waals surface area contributed by atoms with E-state index in [1.165, 1.54) is 0 Å². The topological polar surface area (TPSA) is 69.1 Å². The zero-order valence-corrected chi connectivity index (χ0v) is 7.55. The molecule has 0 bridgehead atoms. The fraction of sp³-hybridized carbons (Fsp3) is 0.875. The maximum atomic E-state index is 10.5. The van der Waals surface area contributed by atoms with Gasteiger partial charge in [-0.15, -0.1) is 0 Å². The first-order chi connectivity index (χ1) is 4.90. The van der Waals surface area contributed by atoms with Crippen molar-refractivity contribution < 1.29 is 4.79 Å². The van der Waals surface area contributed by atoms with Crippen molar-refractivity contribution in [3.05, 3.63) is 0 Å². The van der Waals surface area contributed by atoms with Crippen LogP contribution in [0.15, 0.2) is 0 Å². The second kappa shape index (κ2) is 3.72. The van der Waals surface area contributed by atoms with E-state index in [0.717, 1.165) is 6.42 Å². The zero-order valence-electron chi connectivity index (χ0n) is 7.55. The number of amides is 1. The molecular formula is C8H18N2O.